The molecule has 3 rings (SSSR count). The van der Waals surface area contributed by atoms with Crippen LogP contribution in [0.1, 0.15) is 43.8 Å². The summed E-state index contributed by atoms with van der Waals surface area (Å²) < 4.78 is 0.842. The molecule has 1 heterocycles. The predicted octanol–water partition coefficient (Wildman–Crippen LogP) is 2.69. The molecule has 2 saturated carbocycles. The Morgan fingerprint density at radius 1 is 1.28 bits per heavy atom. The molecule has 4 nitrogen and oxygen atoms in total. The Kier molecular flexibility index (Phi) is 3.52. The normalized spacial score (nSPS) is 27.4. The van der Waals surface area contributed by atoms with Gasteiger partial charge in [-0.3, -0.25) is 0 Å². The largest absolute Gasteiger partial charge is 0.393 e. The standard InChI is InChI=1S/C13H18BrN3O/c14-11-6-12(17-13(16-11)8-4-5-8)15-7-9-2-1-3-10(9)18/h6,8-10,18H,1-5,7H2,(H,15,16,17). The Balaban J connectivity index is 1.64. The highest BCUT2D eigenvalue weighted by Crippen LogP contribution is 2.38. The van der Waals surface area contributed by atoms with Crippen molar-refractivity contribution in [2.24, 2.45) is 5.92 Å². The predicted molar refractivity (Wildman–Crippen MR) is 73.5 cm³/mol. The summed E-state index contributed by atoms with van der Waals surface area (Å²) in [5.74, 6) is 2.74. The Bertz CT molecular complexity index is 436. The minimum atomic E-state index is -0.148. The molecule has 1 aromatic heterocycles. The van der Waals surface area contributed by atoms with Gasteiger partial charge in [0.2, 0.25) is 0 Å². The van der Waals surface area contributed by atoms with Gasteiger partial charge in [0.25, 0.3) is 0 Å². The maximum Gasteiger partial charge on any atom is 0.135 e. The van der Waals surface area contributed by atoms with Crippen LogP contribution in [0.5, 0.6) is 0 Å². The summed E-state index contributed by atoms with van der Waals surface area (Å²) >= 11 is 3.43. The number of hydrogen-bond acceptors (Lipinski definition) is 4. The molecular weight excluding hydrogens is 294 g/mol. The van der Waals surface area contributed by atoms with Crippen LogP contribution >= 0.6 is 15.9 Å². The SMILES string of the molecule is OC1CCCC1CNc1cc(Br)nc(C2CC2)n1. The fraction of sp³-hybridized carbons (Fsp3) is 0.692. The number of rotatable bonds is 4. The first-order valence-electron chi connectivity index (χ1n) is 6.69. The van der Waals surface area contributed by atoms with E-state index in [0.29, 0.717) is 11.8 Å². The zero-order valence-corrected chi connectivity index (χ0v) is 11.9. The summed E-state index contributed by atoms with van der Waals surface area (Å²) in [7, 11) is 0. The number of nitrogens with zero attached hydrogens (tertiary/aromatic N) is 2. The summed E-state index contributed by atoms with van der Waals surface area (Å²) in [6, 6.07) is 1.91. The molecule has 2 fully saturated rings. The second-order valence-corrected chi connectivity index (χ2v) is 6.16. The average Bonchev–Trinajstić information content (AvgIpc) is 3.11. The number of nitrogens with one attached hydrogen (secondary N) is 1. The lowest BCUT2D eigenvalue weighted by molar-refractivity contribution is 0.138. The molecule has 2 N–H and O–H groups in total. The third-order valence-corrected chi connectivity index (χ3v) is 4.23. The van der Waals surface area contributed by atoms with Crippen molar-refractivity contribution in [1.82, 2.24) is 9.97 Å². The van der Waals surface area contributed by atoms with Crippen LogP contribution in [0.2, 0.25) is 0 Å². The van der Waals surface area contributed by atoms with Crippen LogP contribution in [0.3, 0.4) is 0 Å². The molecule has 0 spiro atoms. The minimum Gasteiger partial charge on any atom is -0.393 e. The van der Waals surface area contributed by atoms with Crippen LogP contribution in [0.4, 0.5) is 5.82 Å². The Labute approximate surface area is 115 Å². The van der Waals surface area contributed by atoms with Gasteiger partial charge in [-0.25, -0.2) is 9.97 Å². The maximum absolute atomic E-state index is 9.79. The Morgan fingerprint density at radius 2 is 2.11 bits per heavy atom. The minimum absolute atomic E-state index is 0.148. The first kappa shape index (κ1) is 12.4. The highest BCUT2D eigenvalue weighted by molar-refractivity contribution is 9.10. The van der Waals surface area contributed by atoms with Crippen molar-refractivity contribution in [3.05, 3.63) is 16.5 Å². The summed E-state index contributed by atoms with van der Waals surface area (Å²) in [5, 5.41) is 13.1. The van der Waals surface area contributed by atoms with Gasteiger partial charge in [-0.1, -0.05) is 6.42 Å². The molecule has 0 saturated heterocycles. The molecule has 0 aliphatic heterocycles. The van der Waals surface area contributed by atoms with E-state index in [2.05, 4.69) is 31.2 Å². The van der Waals surface area contributed by atoms with Gasteiger partial charge in [0.1, 0.15) is 16.2 Å². The molecule has 0 radical (unpaired) electrons. The molecule has 0 aromatic carbocycles. The second kappa shape index (κ2) is 5.13. The lowest BCUT2D eigenvalue weighted by Crippen LogP contribution is -2.22. The van der Waals surface area contributed by atoms with E-state index in [1.54, 1.807) is 0 Å². The van der Waals surface area contributed by atoms with E-state index in [0.717, 1.165) is 42.1 Å². The second-order valence-electron chi connectivity index (χ2n) is 5.35. The van der Waals surface area contributed by atoms with Crippen LogP contribution in [0.15, 0.2) is 10.7 Å². The molecule has 98 valence electrons. The number of anilines is 1. The molecule has 2 aliphatic carbocycles. The number of aromatic nitrogens is 2. The third kappa shape index (κ3) is 2.83. The van der Waals surface area contributed by atoms with Gasteiger partial charge < -0.3 is 10.4 Å². The van der Waals surface area contributed by atoms with Crippen molar-refractivity contribution in [3.63, 3.8) is 0 Å². The van der Waals surface area contributed by atoms with E-state index in [1.165, 1.54) is 12.8 Å². The molecular formula is C13H18BrN3O. The first-order valence-corrected chi connectivity index (χ1v) is 7.48. The van der Waals surface area contributed by atoms with Gasteiger partial charge in [-0.15, -0.1) is 0 Å². The van der Waals surface area contributed by atoms with Gasteiger partial charge >= 0.3 is 0 Å². The first-order chi connectivity index (χ1) is 8.72. The smallest absolute Gasteiger partial charge is 0.135 e. The summed E-state index contributed by atoms with van der Waals surface area (Å²) in [5.41, 5.74) is 0. The average molecular weight is 312 g/mol. The Hall–Kier alpha value is -0.680. The van der Waals surface area contributed by atoms with Crippen molar-refractivity contribution < 1.29 is 5.11 Å². The molecule has 2 atom stereocenters. The molecule has 18 heavy (non-hydrogen) atoms. The third-order valence-electron chi connectivity index (χ3n) is 3.82. The van der Waals surface area contributed by atoms with Gasteiger partial charge in [-0.2, -0.15) is 0 Å². The van der Waals surface area contributed by atoms with E-state index < -0.39 is 0 Å². The summed E-state index contributed by atoms with van der Waals surface area (Å²) in [4.78, 5) is 8.95. The van der Waals surface area contributed by atoms with Gasteiger partial charge in [0.15, 0.2) is 0 Å². The zero-order chi connectivity index (χ0) is 12.5. The zero-order valence-electron chi connectivity index (χ0n) is 10.3. The number of hydrogen-bond donors (Lipinski definition) is 2. The summed E-state index contributed by atoms with van der Waals surface area (Å²) in [6.07, 6.45) is 5.44. The number of aliphatic hydroxyl groups excluding tert-OH is 1. The van der Waals surface area contributed by atoms with Crippen molar-refractivity contribution >= 4 is 21.7 Å². The fourth-order valence-electron chi connectivity index (χ4n) is 2.54. The maximum atomic E-state index is 9.79. The summed E-state index contributed by atoms with van der Waals surface area (Å²) in [6.45, 7) is 0.800. The van der Waals surface area contributed by atoms with E-state index in [9.17, 15) is 5.11 Å². The topological polar surface area (TPSA) is 58.0 Å². The quantitative estimate of drug-likeness (QED) is 0.839. The van der Waals surface area contributed by atoms with Crippen molar-refractivity contribution in [2.75, 3.05) is 11.9 Å². The van der Waals surface area contributed by atoms with Gasteiger partial charge in [0, 0.05) is 24.4 Å². The fourth-order valence-corrected chi connectivity index (χ4v) is 2.94. The lowest BCUT2D eigenvalue weighted by atomic mass is 10.1. The van der Waals surface area contributed by atoms with E-state index >= 15 is 0 Å². The molecule has 1 aromatic rings. The van der Waals surface area contributed by atoms with Gasteiger partial charge in [0.05, 0.1) is 6.10 Å². The van der Waals surface area contributed by atoms with E-state index in [-0.39, 0.29) is 6.10 Å². The number of aliphatic hydroxyl groups is 1. The highest BCUT2D eigenvalue weighted by Gasteiger charge is 2.28. The van der Waals surface area contributed by atoms with Crippen molar-refractivity contribution in [3.8, 4) is 0 Å². The highest BCUT2D eigenvalue weighted by atomic mass is 79.9. The Morgan fingerprint density at radius 3 is 2.78 bits per heavy atom. The molecule has 0 bridgehead atoms. The van der Waals surface area contributed by atoms with E-state index in [1.807, 2.05) is 6.07 Å². The van der Waals surface area contributed by atoms with Crippen LogP contribution in [0.25, 0.3) is 0 Å². The van der Waals surface area contributed by atoms with Crippen molar-refractivity contribution in [2.45, 2.75) is 44.1 Å². The number of halogens is 1. The van der Waals surface area contributed by atoms with E-state index in [4.69, 9.17) is 0 Å². The lowest BCUT2D eigenvalue weighted by Gasteiger charge is -2.15. The van der Waals surface area contributed by atoms with Crippen LogP contribution < -0.4 is 5.32 Å². The molecule has 5 heteroatoms. The van der Waals surface area contributed by atoms with Gasteiger partial charge in [-0.05, 0) is 41.6 Å². The van der Waals surface area contributed by atoms with Crippen molar-refractivity contribution in [1.29, 1.82) is 0 Å². The molecule has 2 unspecified atom stereocenters. The van der Waals surface area contributed by atoms with Crippen LogP contribution in [-0.4, -0.2) is 27.7 Å². The van der Waals surface area contributed by atoms with Crippen LogP contribution in [0, 0.1) is 5.92 Å². The molecule has 2 aliphatic rings. The molecule has 0 amide bonds. The monoisotopic (exact) mass is 311 g/mol. The van der Waals surface area contributed by atoms with Crippen LogP contribution in [-0.2, 0) is 0 Å².